The van der Waals surface area contributed by atoms with Crippen molar-refractivity contribution >= 4 is 17.7 Å². The number of imide groups is 1. The van der Waals surface area contributed by atoms with Crippen molar-refractivity contribution < 1.29 is 14.4 Å². The summed E-state index contributed by atoms with van der Waals surface area (Å²) in [6.07, 6.45) is 1.47. The Bertz CT molecular complexity index is 401. The molecule has 3 N–H and O–H groups in total. The van der Waals surface area contributed by atoms with E-state index in [1.165, 1.54) is 4.90 Å². The molecule has 1 atom stereocenters. The first kappa shape index (κ1) is 13.0. The number of nitrogens with two attached hydrogens (primary N) is 1. The van der Waals surface area contributed by atoms with Crippen molar-refractivity contribution in [1.29, 1.82) is 0 Å². The Labute approximate surface area is 106 Å². The van der Waals surface area contributed by atoms with Crippen LogP contribution < -0.4 is 11.1 Å². The lowest BCUT2D eigenvalue weighted by Gasteiger charge is -2.48. The number of hydrogen-bond donors (Lipinski definition) is 2. The van der Waals surface area contributed by atoms with Gasteiger partial charge in [0.25, 0.3) is 0 Å². The number of nitrogens with zero attached hydrogens (tertiary/aromatic N) is 1. The number of amides is 3. The number of nitrogens with one attached hydrogen (secondary N) is 1. The van der Waals surface area contributed by atoms with Gasteiger partial charge in [0.15, 0.2) is 0 Å². The fraction of sp³-hybridized carbons (Fsp3) is 0.750. The van der Waals surface area contributed by atoms with Gasteiger partial charge in [-0.3, -0.25) is 19.7 Å². The Hall–Kier alpha value is -1.43. The van der Waals surface area contributed by atoms with Crippen LogP contribution in [0.4, 0.5) is 0 Å². The number of rotatable bonds is 2. The van der Waals surface area contributed by atoms with Gasteiger partial charge in [-0.1, -0.05) is 6.92 Å². The van der Waals surface area contributed by atoms with E-state index in [0.29, 0.717) is 5.92 Å². The highest BCUT2D eigenvalue weighted by Gasteiger charge is 2.51. The molecular weight excluding hydrogens is 234 g/mol. The van der Waals surface area contributed by atoms with E-state index in [0.717, 1.165) is 12.8 Å². The van der Waals surface area contributed by atoms with Gasteiger partial charge in [-0.25, -0.2) is 0 Å². The third kappa shape index (κ3) is 1.90. The van der Waals surface area contributed by atoms with E-state index >= 15 is 0 Å². The van der Waals surface area contributed by atoms with Crippen molar-refractivity contribution in [2.45, 2.75) is 32.7 Å². The molecule has 1 heterocycles. The van der Waals surface area contributed by atoms with Crippen LogP contribution in [0.15, 0.2) is 0 Å². The Kier molecular flexibility index (Phi) is 3.14. The van der Waals surface area contributed by atoms with Crippen LogP contribution in [-0.2, 0) is 14.4 Å². The van der Waals surface area contributed by atoms with Crippen LogP contribution in [0.25, 0.3) is 0 Å². The molecule has 6 nitrogen and oxygen atoms in total. The first-order valence-electron chi connectivity index (χ1n) is 6.24. The minimum atomic E-state index is -0.602. The Morgan fingerprint density at radius 1 is 1.44 bits per heavy atom. The van der Waals surface area contributed by atoms with Crippen molar-refractivity contribution in [3.05, 3.63) is 0 Å². The number of hydrogen-bond acceptors (Lipinski definition) is 4. The first-order chi connectivity index (χ1) is 8.39. The summed E-state index contributed by atoms with van der Waals surface area (Å²) in [4.78, 5) is 36.8. The second kappa shape index (κ2) is 4.35. The minimum absolute atomic E-state index is 0.0537. The Morgan fingerprint density at radius 3 is 2.56 bits per heavy atom. The van der Waals surface area contributed by atoms with Gasteiger partial charge in [-0.2, -0.15) is 0 Å². The average molecular weight is 253 g/mol. The highest BCUT2D eigenvalue weighted by Crippen LogP contribution is 2.46. The van der Waals surface area contributed by atoms with Gasteiger partial charge in [0.1, 0.15) is 12.6 Å². The molecule has 0 spiro atoms. The molecule has 100 valence electrons. The topological polar surface area (TPSA) is 92.5 Å². The second-order valence-corrected chi connectivity index (χ2v) is 5.52. The molecule has 1 aliphatic heterocycles. The molecule has 2 rings (SSSR count). The van der Waals surface area contributed by atoms with Gasteiger partial charge >= 0.3 is 0 Å². The lowest BCUT2D eigenvalue weighted by Crippen LogP contribution is -2.64. The predicted octanol–water partition coefficient (Wildman–Crippen LogP) is -0.765. The molecule has 2 aliphatic rings. The molecule has 1 aliphatic carbocycles. The fourth-order valence-electron chi connectivity index (χ4n) is 2.97. The molecule has 18 heavy (non-hydrogen) atoms. The Morgan fingerprint density at radius 2 is 2.06 bits per heavy atom. The highest BCUT2D eigenvalue weighted by molar-refractivity contribution is 6.04. The standard InChI is InChI=1S/C12H19N3O3/c1-7-3-12(4-7,6-13)11(18)15-5-9(16)14-10(17)8(15)2/h7-8H,3-6,13H2,1-2H3,(H,14,16,17). The lowest BCUT2D eigenvalue weighted by molar-refractivity contribution is -0.160. The molecule has 0 aromatic heterocycles. The number of piperazine rings is 1. The average Bonchev–Trinajstić information content (AvgIpc) is 2.28. The normalized spacial score (nSPS) is 36.1. The number of carbonyl (C=O) groups is 3. The summed E-state index contributed by atoms with van der Waals surface area (Å²) >= 11 is 0. The molecule has 2 fully saturated rings. The summed E-state index contributed by atoms with van der Waals surface area (Å²) in [5.41, 5.74) is 5.16. The summed E-state index contributed by atoms with van der Waals surface area (Å²) < 4.78 is 0. The van der Waals surface area contributed by atoms with E-state index < -0.39 is 23.3 Å². The largest absolute Gasteiger partial charge is 0.329 e. The van der Waals surface area contributed by atoms with Gasteiger partial charge in [-0.05, 0) is 25.7 Å². The summed E-state index contributed by atoms with van der Waals surface area (Å²) in [5.74, 6) is -0.522. The summed E-state index contributed by atoms with van der Waals surface area (Å²) in [6, 6.07) is -0.602. The monoisotopic (exact) mass is 253 g/mol. The summed E-state index contributed by atoms with van der Waals surface area (Å²) in [6.45, 7) is 3.92. The predicted molar refractivity (Wildman–Crippen MR) is 64.2 cm³/mol. The third-order valence-electron chi connectivity index (χ3n) is 4.01. The summed E-state index contributed by atoms with van der Waals surface area (Å²) in [7, 11) is 0. The molecule has 0 aromatic rings. The first-order valence-corrected chi connectivity index (χ1v) is 6.24. The van der Waals surface area contributed by atoms with Crippen molar-refractivity contribution in [1.82, 2.24) is 10.2 Å². The van der Waals surface area contributed by atoms with Gasteiger partial charge in [0.05, 0.1) is 5.41 Å². The van der Waals surface area contributed by atoms with Crippen molar-refractivity contribution in [3.8, 4) is 0 Å². The Balaban J connectivity index is 2.17. The van der Waals surface area contributed by atoms with E-state index in [9.17, 15) is 14.4 Å². The minimum Gasteiger partial charge on any atom is -0.329 e. The molecule has 6 heteroatoms. The molecule has 1 unspecified atom stereocenters. The van der Waals surface area contributed by atoms with Crippen LogP contribution in [0.5, 0.6) is 0 Å². The van der Waals surface area contributed by atoms with Gasteiger partial charge < -0.3 is 10.6 Å². The SMILES string of the molecule is CC1CC(CN)(C(=O)N2CC(=O)NC(=O)C2C)C1. The van der Waals surface area contributed by atoms with E-state index in [2.05, 4.69) is 12.2 Å². The van der Waals surface area contributed by atoms with Crippen molar-refractivity contribution in [3.63, 3.8) is 0 Å². The zero-order valence-corrected chi connectivity index (χ0v) is 10.7. The van der Waals surface area contributed by atoms with Crippen LogP contribution in [0.1, 0.15) is 26.7 Å². The van der Waals surface area contributed by atoms with Crippen LogP contribution in [0.3, 0.4) is 0 Å². The molecule has 0 aromatic carbocycles. The van der Waals surface area contributed by atoms with Crippen molar-refractivity contribution in [2.75, 3.05) is 13.1 Å². The molecule has 1 saturated heterocycles. The van der Waals surface area contributed by atoms with Crippen LogP contribution >= 0.6 is 0 Å². The second-order valence-electron chi connectivity index (χ2n) is 5.52. The molecule has 0 bridgehead atoms. The smallest absolute Gasteiger partial charge is 0.249 e. The lowest BCUT2D eigenvalue weighted by atomic mass is 9.61. The maximum Gasteiger partial charge on any atom is 0.249 e. The third-order valence-corrected chi connectivity index (χ3v) is 4.01. The van der Waals surface area contributed by atoms with E-state index in [1.807, 2.05) is 0 Å². The zero-order valence-electron chi connectivity index (χ0n) is 10.7. The van der Waals surface area contributed by atoms with Gasteiger partial charge in [0, 0.05) is 6.54 Å². The number of carbonyl (C=O) groups excluding carboxylic acids is 3. The van der Waals surface area contributed by atoms with Gasteiger partial charge in [-0.15, -0.1) is 0 Å². The fourth-order valence-corrected chi connectivity index (χ4v) is 2.97. The maximum atomic E-state index is 12.5. The molecule has 3 amide bonds. The quantitative estimate of drug-likeness (QED) is 0.632. The van der Waals surface area contributed by atoms with E-state index in [1.54, 1.807) is 6.92 Å². The molecule has 1 saturated carbocycles. The zero-order chi connectivity index (χ0) is 13.5. The van der Waals surface area contributed by atoms with Crippen LogP contribution in [0, 0.1) is 11.3 Å². The maximum absolute atomic E-state index is 12.5. The van der Waals surface area contributed by atoms with Crippen molar-refractivity contribution in [2.24, 2.45) is 17.1 Å². The summed E-state index contributed by atoms with van der Waals surface area (Å²) in [5, 5.41) is 2.23. The van der Waals surface area contributed by atoms with Crippen LogP contribution in [0.2, 0.25) is 0 Å². The highest BCUT2D eigenvalue weighted by atomic mass is 16.2. The molecule has 0 radical (unpaired) electrons. The van der Waals surface area contributed by atoms with Gasteiger partial charge in [0.2, 0.25) is 17.7 Å². The van der Waals surface area contributed by atoms with E-state index in [4.69, 9.17) is 5.73 Å². The van der Waals surface area contributed by atoms with Crippen LogP contribution in [-0.4, -0.2) is 41.8 Å². The van der Waals surface area contributed by atoms with E-state index in [-0.39, 0.29) is 19.0 Å². The molecular formula is C12H19N3O3.